The summed E-state index contributed by atoms with van der Waals surface area (Å²) in [6.07, 6.45) is 2.78. The van der Waals surface area contributed by atoms with Gasteiger partial charge >= 0.3 is 0 Å². The number of benzene rings is 1. The summed E-state index contributed by atoms with van der Waals surface area (Å²) in [5.41, 5.74) is 7.20. The molecule has 0 bridgehead atoms. The van der Waals surface area contributed by atoms with Crippen molar-refractivity contribution in [3.63, 3.8) is 0 Å². The number of hydrogen-bond donors (Lipinski definition) is 3. The van der Waals surface area contributed by atoms with Gasteiger partial charge in [0.25, 0.3) is 5.56 Å². The van der Waals surface area contributed by atoms with Crippen molar-refractivity contribution in [2.24, 2.45) is 0 Å². The summed E-state index contributed by atoms with van der Waals surface area (Å²) in [6, 6.07) is 7.23. The molecule has 0 fully saturated rings. The first-order valence-corrected chi connectivity index (χ1v) is 9.90. The van der Waals surface area contributed by atoms with Gasteiger partial charge in [-0.15, -0.1) is 0 Å². The number of rotatable bonds is 5. The quantitative estimate of drug-likeness (QED) is 0.378. The van der Waals surface area contributed by atoms with Gasteiger partial charge < -0.3 is 16.0 Å². The molecule has 11 heteroatoms. The molecule has 5 aromatic rings. The Morgan fingerprint density at radius 2 is 1.82 bits per heavy atom. The Kier molecular flexibility index (Phi) is 4.93. The minimum absolute atomic E-state index is 0.0520. The molecule has 0 radical (unpaired) electrons. The average molecular weight is 451 g/mol. The monoisotopic (exact) mass is 451 g/mol. The van der Waals surface area contributed by atoms with E-state index in [-0.39, 0.29) is 23.5 Å². The number of aromatic nitrogens is 5. The number of pyridine rings is 2. The van der Waals surface area contributed by atoms with Crippen LogP contribution in [-0.2, 0) is 6.42 Å². The van der Waals surface area contributed by atoms with Crippen LogP contribution in [0.25, 0.3) is 27.8 Å². The van der Waals surface area contributed by atoms with E-state index in [1.54, 1.807) is 6.07 Å². The van der Waals surface area contributed by atoms with E-state index >= 15 is 0 Å². The van der Waals surface area contributed by atoms with Crippen LogP contribution in [0.15, 0.2) is 53.7 Å². The Bertz CT molecular complexity index is 1560. The van der Waals surface area contributed by atoms with E-state index in [0.29, 0.717) is 34.6 Å². The highest BCUT2D eigenvalue weighted by Gasteiger charge is 2.16. The minimum Gasteiger partial charge on any atom is -0.368 e. The molecule has 0 aliphatic carbocycles. The number of hydrogen-bond acceptors (Lipinski definition) is 6. The second-order valence-corrected chi connectivity index (χ2v) is 7.36. The Hall–Kier alpha value is -4.41. The van der Waals surface area contributed by atoms with Crippen LogP contribution in [0.3, 0.4) is 0 Å². The Morgan fingerprint density at radius 1 is 1.03 bits per heavy atom. The first-order valence-electron chi connectivity index (χ1n) is 9.90. The molecular formula is C22H16F3N7O. The largest absolute Gasteiger partial charge is 0.368 e. The van der Waals surface area contributed by atoms with Gasteiger partial charge in [-0.25, -0.2) is 18.2 Å². The van der Waals surface area contributed by atoms with E-state index in [9.17, 15) is 18.0 Å². The maximum atomic E-state index is 13.9. The lowest BCUT2D eigenvalue weighted by Crippen LogP contribution is -2.20. The molecule has 0 spiro atoms. The fourth-order valence-electron chi connectivity index (χ4n) is 3.78. The lowest BCUT2D eigenvalue weighted by Gasteiger charge is -2.13. The second kappa shape index (κ2) is 7.93. The van der Waals surface area contributed by atoms with Gasteiger partial charge in [-0.05, 0) is 47.9 Å². The molecule has 0 unspecified atom stereocenters. The Balaban J connectivity index is 1.57. The zero-order valence-electron chi connectivity index (χ0n) is 16.9. The zero-order chi connectivity index (χ0) is 23.1. The van der Waals surface area contributed by atoms with Gasteiger partial charge in [0.05, 0.1) is 11.9 Å². The maximum absolute atomic E-state index is 13.9. The number of imidazole rings is 1. The van der Waals surface area contributed by atoms with Crippen LogP contribution in [0.4, 0.5) is 24.9 Å². The summed E-state index contributed by atoms with van der Waals surface area (Å²) in [5.74, 6) is -1.81. The fraction of sp³-hybridized carbons (Fsp3) is 0.0909. The van der Waals surface area contributed by atoms with E-state index in [1.165, 1.54) is 18.5 Å². The van der Waals surface area contributed by atoms with Gasteiger partial charge in [0.15, 0.2) is 11.5 Å². The van der Waals surface area contributed by atoms with Crippen molar-refractivity contribution in [1.29, 1.82) is 0 Å². The molecule has 0 aliphatic rings. The topological polar surface area (TPSA) is 114 Å². The normalized spacial score (nSPS) is 11.4. The number of nitrogens with two attached hydrogens (primary N) is 1. The van der Waals surface area contributed by atoms with Crippen molar-refractivity contribution in [1.82, 2.24) is 24.3 Å². The third-order valence-electron chi connectivity index (χ3n) is 5.15. The van der Waals surface area contributed by atoms with E-state index in [0.717, 1.165) is 28.8 Å². The number of fused-ring (bicyclic) bond motifs is 2. The van der Waals surface area contributed by atoms with E-state index in [1.807, 2.05) is 0 Å². The van der Waals surface area contributed by atoms with Crippen molar-refractivity contribution in [2.45, 2.75) is 6.42 Å². The summed E-state index contributed by atoms with van der Waals surface area (Å²) in [5, 5.41) is 3.11. The number of H-pyrrole nitrogens is 1. The van der Waals surface area contributed by atoms with Gasteiger partial charge in [0.2, 0.25) is 5.95 Å². The summed E-state index contributed by atoms with van der Waals surface area (Å²) in [4.78, 5) is 28.4. The van der Waals surface area contributed by atoms with Crippen molar-refractivity contribution in [3.05, 3.63) is 82.3 Å². The molecule has 4 heterocycles. The molecule has 4 aromatic heterocycles. The summed E-state index contributed by atoms with van der Waals surface area (Å²) >= 11 is 0. The number of halogens is 3. The van der Waals surface area contributed by atoms with Crippen molar-refractivity contribution in [3.8, 4) is 11.1 Å². The molecule has 0 atom stereocenters. The number of nitrogens with zero attached hydrogens (tertiary/aromatic N) is 4. The van der Waals surface area contributed by atoms with Gasteiger partial charge in [-0.2, -0.15) is 9.97 Å². The minimum atomic E-state index is -0.824. The molecule has 4 N–H and O–H groups in total. The highest BCUT2D eigenvalue weighted by atomic mass is 19.1. The molecule has 0 aliphatic heterocycles. The van der Waals surface area contributed by atoms with Crippen molar-refractivity contribution >= 4 is 28.4 Å². The zero-order valence-corrected chi connectivity index (χ0v) is 16.9. The standard InChI is InChI=1S/C22H16F3N7O/c23-13-1-2-16-7-11(3-4-27-19-18-20(29-10-28-18)31-22(26)30-19)17(21(33)32(16)9-13)12-5-14(24)8-15(25)6-12/h1-2,5-10H,3-4H2,(H4,26,27,28,29,30,31). The van der Waals surface area contributed by atoms with Gasteiger partial charge in [0.1, 0.15) is 23.0 Å². The predicted molar refractivity (Wildman–Crippen MR) is 117 cm³/mol. The van der Waals surface area contributed by atoms with Crippen LogP contribution in [-0.4, -0.2) is 30.9 Å². The van der Waals surface area contributed by atoms with E-state index in [2.05, 4.69) is 25.3 Å². The van der Waals surface area contributed by atoms with Crippen LogP contribution in [0.1, 0.15) is 5.56 Å². The molecule has 0 amide bonds. The molecule has 8 nitrogen and oxygen atoms in total. The maximum Gasteiger partial charge on any atom is 0.263 e. The number of aromatic amines is 1. The van der Waals surface area contributed by atoms with Gasteiger partial charge in [-0.1, -0.05) is 0 Å². The summed E-state index contributed by atoms with van der Waals surface area (Å²) < 4.78 is 42.8. The molecule has 0 saturated carbocycles. The van der Waals surface area contributed by atoms with E-state index in [4.69, 9.17) is 5.73 Å². The molecule has 5 rings (SSSR count). The molecule has 1 aromatic carbocycles. The third-order valence-corrected chi connectivity index (χ3v) is 5.15. The highest BCUT2D eigenvalue weighted by Crippen LogP contribution is 2.25. The SMILES string of the molecule is Nc1nc(NCCc2cc3ccc(F)cn3c(=O)c2-c2cc(F)cc(F)c2)c2nc[nH]c2n1. The van der Waals surface area contributed by atoms with Crippen LogP contribution in [0.5, 0.6) is 0 Å². The van der Waals surface area contributed by atoms with Crippen LogP contribution >= 0.6 is 0 Å². The third kappa shape index (κ3) is 3.84. The predicted octanol–water partition coefficient (Wildman–Crippen LogP) is 3.29. The number of nitrogens with one attached hydrogen (secondary N) is 2. The average Bonchev–Trinajstić information content (AvgIpc) is 3.22. The molecule has 166 valence electrons. The molecule has 33 heavy (non-hydrogen) atoms. The van der Waals surface area contributed by atoms with Gasteiger partial charge in [-0.3, -0.25) is 9.20 Å². The van der Waals surface area contributed by atoms with E-state index < -0.39 is 23.0 Å². The number of anilines is 2. The Labute approximate surface area is 184 Å². The van der Waals surface area contributed by atoms with Crippen molar-refractivity contribution < 1.29 is 13.2 Å². The molecule has 0 saturated heterocycles. The second-order valence-electron chi connectivity index (χ2n) is 7.36. The lowest BCUT2D eigenvalue weighted by molar-refractivity contribution is 0.584. The smallest absolute Gasteiger partial charge is 0.263 e. The molecular weight excluding hydrogens is 435 g/mol. The fourth-order valence-corrected chi connectivity index (χ4v) is 3.78. The first kappa shape index (κ1) is 20.5. The van der Waals surface area contributed by atoms with Crippen LogP contribution in [0.2, 0.25) is 0 Å². The lowest BCUT2D eigenvalue weighted by atomic mass is 9.98. The summed E-state index contributed by atoms with van der Waals surface area (Å²) in [7, 11) is 0. The van der Waals surface area contributed by atoms with Crippen LogP contribution < -0.4 is 16.6 Å². The number of nitrogen functional groups attached to an aromatic ring is 1. The van der Waals surface area contributed by atoms with Crippen molar-refractivity contribution in [2.75, 3.05) is 17.6 Å². The van der Waals surface area contributed by atoms with Gasteiger partial charge in [0, 0.05) is 24.3 Å². The Morgan fingerprint density at radius 3 is 2.61 bits per heavy atom. The first-order chi connectivity index (χ1) is 15.9. The summed E-state index contributed by atoms with van der Waals surface area (Å²) in [6.45, 7) is 0.292. The highest BCUT2D eigenvalue weighted by molar-refractivity contribution is 5.83. The van der Waals surface area contributed by atoms with Crippen LogP contribution in [0, 0.1) is 17.5 Å².